The second kappa shape index (κ2) is 7.43. The summed E-state index contributed by atoms with van der Waals surface area (Å²) in [6.45, 7) is 4.56. The topological polar surface area (TPSA) is 76.0 Å². The highest BCUT2D eigenvalue weighted by molar-refractivity contribution is 7.15. The number of hydrogen-bond acceptors (Lipinski definition) is 5. The summed E-state index contributed by atoms with van der Waals surface area (Å²) in [7, 11) is 0. The third-order valence-corrected chi connectivity index (χ3v) is 5.42. The first-order chi connectivity index (χ1) is 12.7. The molecule has 0 spiro atoms. The number of aromatic nitrogens is 4. The molecule has 1 saturated heterocycles. The zero-order chi connectivity index (χ0) is 17.9. The molecular weight excluding hydrogens is 350 g/mol. The van der Waals surface area contributed by atoms with Gasteiger partial charge < -0.3 is 9.64 Å². The summed E-state index contributed by atoms with van der Waals surface area (Å²) in [6, 6.07) is 7.83. The molecule has 1 N–H and O–H groups in total. The second-order valence-corrected chi connectivity index (χ2v) is 7.69. The van der Waals surface area contributed by atoms with E-state index in [4.69, 9.17) is 4.74 Å². The molecule has 0 saturated carbocycles. The van der Waals surface area contributed by atoms with Crippen LogP contribution in [-0.2, 0) is 11.3 Å². The molecule has 1 aliphatic rings. The number of carbonyl (C=O) groups excluding carboxylic acids is 1. The van der Waals surface area contributed by atoms with Crippen LogP contribution in [0.3, 0.4) is 0 Å². The van der Waals surface area contributed by atoms with Crippen molar-refractivity contribution in [2.24, 2.45) is 0 Å². The molecule has 3 aromatic heterocycles. The van der Waals surface area contributed by atoms with Crippen molar-refractivity contribution in [3.8, 4) is 10.6 Å². The van der Waals surface area contributed by atoms with Crippen LogP contribution in [-0.4, -0.2) is 56.6 Å². The van der Waals surface area contributed by atoms with Gasteiger partial charge in [-0.2, -0.15) is 10.2 Å². The monoisotopic (exact) mass is 371 g/mol. The van der Waals surface area contributed by atoms with E-state index in [-0.39, 0.29) is 12.0 Å². The van der Waals surface area contributed by atoms with Crippen LogP contribution in [0.25, 0.3) is 10.6 Å². The van der Waals surface area contributed by atoms with Crippen molar-refractivity contribution in [3.05, 3.63) is 47.2 Å². The van der Waals surface area contributed by atoms with Gasteiger partial charge in [0.1, 0.15) is 0 Å². The molecule has 0 aromatic carbocycles. The van der Waals surface area contributed by atoms with Crippen LogP contribution in [0.2, 0.25) is 0 Å². The Bertz CT molecular complexity index is 870. The Balaban J connectivity index is 1.47. The minimum absolute atomic E-state index is 0.0586. The normalized spacial score (nSPS) is 18.0. The summed E-state index contributed by atoms with van der Waals surface area (Å²) in [6.07, 6.45) is 4.41. The van der Waals surface area contributed by atoms with Gasteiger partial charge in [0.05, 0.1) is 23.2 Å². The van der Waals surface area contributed by atoms with Gasteiger partial charge in [0.15, 0.2) is 5.69 Å². The van der Waals surface area contributed by atoms with E-state index in [1.807, 2.05) is 34.0 Å². The summed E-state index contributed by atoms with van der Waals surface area (Å²) < 4.78 is 7.73. The molecule has 0 bridgehead atoms. The van der Waals surface area contributed by atoms with Crippen molar-refractivity contribution < 1.29 is 9.53 Å². The summed E-state index contributed by atoms with van der Waals surface area (Å²) in [4.78, 5) is 17.1. The number of ether oxygens (including phenoxy) is 1. The highest BCUT2D eigenvalue weighted by Gasteiger charge is 2.25. The van der Waals surface area contributed by atoms with Crippen LogP contribution in [0, 0.1) is 6.92 Å². The number of nitrogens with zero attached hydrogens (tertiary/aromatic N) is 4. The average molecular weight is 371 g/mol. The molecule has 1 atom stereocenters. The summed E-state index contributed by atoms with van der Waals surface area (Å²) in [5.74, 6) is -0.0586. The van der Waals surface area contributed by atoms with Gasteiger partial charge in [-0.15, -0.1) is 11.3 Å². The molecule has 0 unspecified atom stereocenters. The van der Waals surface area contributed by atoms with E-state index >= 15 is 0 Å². The van der Waals surface area contributed by atoms with Crippen LogP contribution in [0.15, 0.2) is 36.7 Å². The van der Waals surface area contributed by atoms with Gasteiger partial charge in [-0.3, -0.25) is 14.6 Å². The zero-order valence-electron chi connectivity index (χ0n) is 14.6. The first-order valence-corrected chi connectivity index (χ1v) is 9.51. The van der Waals surface area contributed by atoms with Crippen LogP contribution < -0.4 is 0 Å². The lowest BCUT2D eigenvalue weighted by Gasteiger charge is -2.23. The molecule has 1 amide bonds. The van der Waals surface area contributed by atoms with Crippen LogP contribution >= 0.6 is 11.3 Å². The van der Waals surface area contributed by atoms with Crippen molar-refractivity contribution in [1.82, 2.24) is 24.9 Å². The zero-order valence-corrected chi connectivity index (χ0v) is 15.4. The highest BCUT2D eigenvalue weighted by atomic mass is 32.1. The summed E-state index contributed by atoms with van der Waals surface area (Å²) in [5, 5.41) is 11.5. The molecule has 1 aliphatic heterocycles. The summed E-state index contributed by atoms with van der Waals surface area (Å²) >= 11 is 1.68. The maximum Gasteiger partial charge on any atom is 0.274 e. The predicted molar refractivity (Wildman–Crippen MR) is 99.1 cm³/mol. The largest absolute Gasteiger partial charge is 0.374 e. The van der Waals surface area contributed by atoms with Gasteiger partial charge in [-0.05, 0) is 37.6 Å². The van der Waals surface area contributed by atoms with Crippen molar-refractivity contribution >= 4 is 17.2 Å². The molecule has 0 aliphatic carbocycles. The SMILES string of the molecule is Cc1ccc(-c2cc(C(=O)N3CCCO[C@H](Cn4cccn4)C3)n[nH]2)s1. The Labute approximate surface area is 155 Å². The van der Waals surface area contributed by atoms with E-state index in [0.717, 1.165) is 17.0 Å². The maximum atomic E-state index is 12.9. The van der Waals surface area contributed by atoms with Crippen molar-refractivity contribution in [1.29, 1.82) is 0 Å². The van der Waals surface area contributed by atoms with Crippen LogP contribution in [0.5, 0.6) is 0 Å². The van der Waals surface area contributed by atoms with Gasteiger partial charge in [0.2, 0.25) is 0 Å². The van der Waals surface area contributed by atoms with Crippen molar-refractivity contribution in [3.63, 3.8) is 0 Å². The number of amides is 1. The molecule has 136 valence electrons. The van der Waals surface area contributed by atoms with Crippen molar-refractivity contribution in [2.75, 3.05) is 19.7 Å². The average Bonchev–Trinajstić information content (AvgIpc) is 3.35. The smallest absolute Gasteiger partial charge is 0.274 e. The Kier molecular flexibility index (Phi) is 4.85. The Hall–Kier alpha value is -2.45. The lowest BCUT2D eigenvalue weighted by molar-refractivity contribution is 0.0365. The predicted octanol–water partition coefficient (Wildman–Crippen LogP) is 2.57. The number of thiophene rings is 1. The number of nitrogens with one attached hydrogen (secondary N) is 1. The molecule has 0 radical (unpaired) electrons. The van der Waals surface area contributed by atoms with Gasteiger partial charge >= 0.3 is 0 Å². The standard InChI is InChI=1S/C18H21N5O2S/c1-13-4-5-17(26-13)15-10-16(21-20-15)18(24)22-7-3-9-25-14(11-22)12-23-8-2-6-19-23/h2,4-6,8,10,14H,3,7,9,11-12H2,1H3,(H,20,21)/t14-/m0/s1. The Morgan fingerprint density at radius 1 is 1.46 bits per heavy atom. The Morgan fingerprint density at radius 3 is 3.15 bits per heavy atom. The molecule has 1 fully saturated rings. The number of aryl methyl sites for hydroxylation is 1. The third-order valence-electron chi connectivity index (χ3n) is 4.39. The van der Waals surface area contributed by atoms with Crippen molar-refractivity contribution in [2.45, 2.75) is 26.0 Å². The van der Waals surface area contributed by atoms with E-state index < -0.39 is 0 Å². The van der Waals surface area contributed by atoms with E-state index in [1.165, 1.54) is 4.88 Å². The fourth-order valence-electron chi connectivity index (χ4n) is 3.11. The van der Waals surface area contributed by atoms with E-state index in [2.05, 4.69) is 28.3 Å². The number of aromatic amines is 1. The first-order valence-electron chi connectivity index (χ1n) is 8.69. The first kappa shape index (κ1) is 17.0. The fraction of sp³-hybridized carbons (Fsp3) is 0.389. The Morgan fingerprint density at radius 2 is 2.38 bits per heavy atom. The number of rotatable bonds is 4. The van der Waals surface area contributed by atoms with Crippen LogP contribution in [0.1, 0.15) is 21.8 Å². The molecule has 3 aromatic rings. The number of H-pyrrole nitrogens is 1. The minimum Gasteiger partial charge on any atom is -0.374 e. The highest BCUT2D eigenvalue weighted by Crippen LogP contribution is 2.26. The van der Waals surface area contributed by atoms with E-state index in [0.29, 0.717) is 31.9 Å². The fourth-order valence-corrected chi connectivity index (χ4v) is 3.94. The van der Waals surface area contributed by atoms with Crippen LogP contribution in [0.4, 0.5) is 0 Å². The van der Waals surface area contributed by atoms with Gasteiger partial charge in [0, 0.05) is 37.0 Å². The molecule has 4 rings (SSSR count). The van der Waals surface area contributed by atoms with Gasteiger partial charge in [-0.25, -0.2) is 0 Å². The minimum atomic E-state index is -0.0697. The summed E-state index contributed by atoms with van der Waals surface area (Å²) in [5.41, 5.74) is 1.33. The lowest BCUT2D eigenvalue weighted by atomic mass is 10.2. The van der Waals surface area contributed by atoms with E-state index in [9.17, 15) is 4.79 Å². The molecule has 26 heavy (non-hydrogen) atoms. The number of hydrogen-bond donors (Lipinski definition) is 1. The molecular formula is C18H21N5O2S. The maximum absolute atomic E-state index is 12.9. The molecule has 7 nitrogen and oxygen atoms in total. The third kappa shape index (κ3) is 3.71. The van der Waals surface area contributed by atoms with Gasteiger partial charge in [-0.1, -0.05) is 0 Å². The number of carbonyl (C=O) groups is 1. The lowest BCUT2D eigenvalue weighted by Crippen LogP contribution is -2.38. The molecule has 4 heterocycles. The van der Waals surface area contributed by atoms with Gasteiger partial charge in [0.25, 0.3) is 5.91 Å². The molecule has 8 heteroatoms. The van der Waals surface area contributed by atoms with E-state index in [1.54, 1.807) is 17.5 Å². The second-order valence-electron chi connectivity index (χ2n) is 6.40. The quantitative estimate of drug-likeness (QED) is 0.765.